The van der Waals surface area contributed by atoms with E-state index < -0.39 is 0 Å². The summed E-state index contributed by atoms with van der Waals surface area (Å²) >= 11 is 0. The lowest BCUT2D eigenvalue weighted by Gasteiger charge is -2.47. The van der Waals surface area contributed by atoms with Gasteiger partial charge in [0.2, 0.25) is 0 Å². The maximum atomic E-state index is 12.2. The molecule has 0 heterocycles. The van der Waals surface area contributed by atoms with E-state index in [4.69, 9.17) is 4.74 Å². The van der Waals surface area contributed by atoms with Crippen LogP contribution in [0.5, 0.6) is 0 Å². The van der Waals surface area contributed by atoms with Crippen LogP contribution in [0.3, 0.4) is 0 Å². The molecule has 3 heteroatoms. The van der Waals surface area contributed by atoms with Crippen LogP contribution in [0.2, 0.25) is 0 Å². The number of nitrogens with one attached hydrogen (secondary N) is 1. The Morgan fingerprint density at radius 1 is 1.14 bits per heavy atom. The summed E-state index contributed by atoms with van der Waals surface area (Å²) < 4.78 is 5.25. The van der Waals surface area contributed by atoms with Crippen LogP contribution in [0.15, 0.2) is 42.5 Å². The second-order valence-corrected chi connectivity index (χ2v) is 6.21. The highest BCUT2D eigenvalue weighted by molar-refractivity contribution is 5.80. The molecule has 0 aromatic heterocycles. The molecule has 1 aromatic carbocycles. The molecule has 0 saturated heterocycles. The summed E-state index contributed by atoms with van der Waals surface area (Å²) in [5.74, 6) is -0.0439. The van der Waals surface area contributed by atoms with E-state index in [9.17, 15) is 4.79 Å². The van der Waals surface area contributed by atoms with Crippen molar-refractivity contribution in [1.29, 1.82) is 0 Å². The van der Waals surface area contributed by atoms with Crippen molar-refractivity contribution in [3.8, 4) is 0 Å². The Balaban J connectivity index is 1.67. The number of hydrogen-bond donors (Lipinski definition) is 1. The largest absolute Gasteiger partial charge is 0.465 e. The third-order valence-electron chi connectivity index (χ3n) is 4.93. The van der Waals surface area contributed by atoms with Gasteiger partial charge >= 0.3 is 5.97 Å². The maximum absolute atomic E-state index is 12.2. The minimum Gasteiger partial charge on any atom is -0.465 e. The number of hydrogen-bond acceptors (Lipinski definition) is 3. The van der Waals surface area contributed by atoms with Crippen LogP contribution in [0, 0.1) is 5.41 Å². The first-order valence-corrected chi connectivity index (χ1v) is 7.85. The van der Waals surface area contributed by atoms with Gasteiger partial charge < -0.3 is 10.1 Å². The summed E-state index contributed by atoms with van der Waals surface area (Å²) in [4.78, 5) is 12.2. The van der Waals surface area contributed by atoms with E-state index in [0.717, 1.165) is 32.2 Å². The van der Waals surface area contributed by atoms with Gasteiger partial charge in [-0.25, -0.2) is 0 Å². The van der Waals surface area contributed by atoms with Crippen LogP contribution in [0.25, 0.3) is 0 Å². The number of benzene rings is 1. The van der Waals surface area contributed by atoms with Crippen molar-refractivity contribution in [2.24, 2.45) is 5.41 Å². The van der Waals surface area contributed by atoms with Crippen molar-refractivity contribution in [2.45, 2.75) is 44.7 Å². The summed E-state index contributed by atoms with van der Waals surface area (Å²) in [6.07, 6.45) is 8.11. The van der Waals surface area contributed by atoms with Crippen molar-refractivity contribution >= 4 is 5.97 Å². The Kier molecular flexibility index (Phi) is 3.85. The van der Waals surface area contributed by atoms with Crippen LogP contribution in [0.1, 0.15) is 38.2 Å². The summed E-state index contributed by atoms with van der Waals surface area (Å²) in [5.41, 5.74) is 1.00. The zero-order chi connectivity index (χ0) is 14.8. The Labute approximate surface area is 126 Å². The smallest absolute Gasteiger partial charge is 0.315 e. The van der Waals surface area contributed by atoms with Gasteiger partial charge in [0, 0.05) is 12.1 Å². The van der Waals surface area contributed by atoms with Crippen molar-refractivity contribution in [2.75, 3.05) is 6.61 Å². The van der Waals surface area contributed by atoms with Gasteiger partial charge in [-0.3, -0.25) is 4.79 Å². The molecular formula is C18H23NO2. The Bertz CT molecular complexity index is 527. The zero-order valence-corrected chi connectivity index (χ0v) is 12.6. The maximum Gasteiger partial charge on any atom is 0.315 e. The average Bonchev–Trinajstić information content (AvgIpc) is 2.56. The topological polar surface area (TPSA) is 38.3 Å². The summed E-state index contributed by atoms with van der Waals surface area (Å²) in [7, 11) is 0. The van der Waals surface area contributed by atoms with Gasteiger partial charge in [-0.15, -0.1) is 0 Å². The third-order valence-corrected chi connectivity index (χ3v) is 4.93. The fourth-order valence-electron chi connectivity index (χ4n) is 3.45. The minimum absolute atomic E-state index is 0.0439. The lowest BCUT2D eigenvalue weighted by Crippen LogP contribution is -2.53. The van der Waals surface area contributed by atoms with Gasteiger partial charge in [-0.1, -0.05) is 42.5 Å². The highest BCUT2D eigenvalue weighted by Crippen LogP contribution is 2.48. The number of rotatable bonds is 5. The molecule has 3 aliphatic rings. The lowest BCUT2D eigenvalue weighted by atomic mass is 9.62. The fraction of sp³-hybridized carbons (Fsp3) is 0.500. The Morgan fingerprint density at radius 2 is 1.86 bits per heavy atom. The van der Waals surface area contributed by atoms with Crippen LogP contribution < -0.4 is 5.32 Å². The highest BCUT2D eigenvalue weighted by atomic mass is 16.5. The minimum atomic E-state index is -0.355. The molecule has 21 heavy (non-hydrogen) atoms. The van der Waals surface area contributed by atoms with Gasteiger partial charge in [-0.05, 0) is 38.2 Å². The zero-order valence-electron chi connectivity index (χ0n) is 12.6. The average molecular weight is 285 g/mol. The van der Waals surface area contributed by atoms with Crippen molar-refractivity contribution in [3.05, 3.63) is 48.0 Å². The molecule has 2 bridgehead atoms. The lowest BCUT2D eigenvalue weighted by molar-refractivity contribution is -0.155. The molecule has 1 fully saturated rings. The predicted molar refractivity (Wildman–Crippen MR) is 82.7 cm³/mol. The molecule has 0 amide bonds. The van der Waals surface area contributed by atoms with Gasteiger partial charge in [0.05, 0.1) is 12.0 Å². The van der Waals surface area contributed by atoms with Gasteiger partial charge in [-0.2, -0.15) is 0 Å². The van der Waals surface area contributed by atoms with Crippen molar-refractivity contribution in [3.63, 3.8) is 0 Å². The second-order valence-electron chi connectivity index (χ2n) is 6.21. The summed E-state index contributed by atoms with van der Waals surface area (Å²) in [6.45, 7) is 3.21. The van der Waals surface area contributed by atoms with Crippen molar-refractivity contribution in [1.82, 2.24) is 5.32 Å². The number of fused-ring (bicyclic) bond motifs is 2. The Morgan fingerprint density at radius 3 is 2.43 bits per heavy atom. The summed E-state index contributed by atoms with van der Waals surface area (Å²) in [6, 6.07) is 10.5. The SMILES string of the molecule is CCOC(=O)C12C=CC(NCc3ccccc3)(CC1)CC2. The van der Waals surface area contributed by atoms with E-state index in [0.29, 0.717) is 6.61 Å². The number of ether oxygens (including phenoxy) is 1. The molecule has 0 spiro atoms. The molecule has 0 aliphatic heterocycles. The standard InChI is InChI=1S/C18H23NO2/c1-2-21-16(20)17-8-11-18(12-9-17,13-10-17)19-14-15-6-4-3-5-7-15/h3-8,11,19H,2,9-10,12-14H2,1H3. The van der Waals surface area contributed by atoms with E-state index >= 15 is 0 Å². The van der Waals surface area contributed by atoms with E-state index in [1.54, 1.807) is 0 Å². The number of esters is 1. The van der Waals surface area contributed by atoms with Gasteiger partial charge in [0.25, 0.3) is 0 Å². The summed E-state index contributed by atoms with van der Waals surface area (Å²) in [5, 5.41) is 3.69. The van der Waals surface area contributed by atoms with Gasteiger partial charge in [0.15, 0.2) is 0 Å². The van der Waals surface area contributed by atoms with Crippen LogP contribution in [-0.4, -0.2) is 18.1 Å². The first-order valence-electron chi connectivity index (χ1n) is 7.85. The molecule has 3 nitrogen and oxygen atoms in total. The van der Waals surface area contributed by atoms with Crippen LogP contribution in [0.4, 0.5) is 0 Å². The normalized spacial score (nSPS) is 30.3. The van der Waals surface area contributed by atoms with Gasteiger partial charge in [0.1, 0.15) is 0 Å². The molecule has 0 unspecified atom stereocenters. The first-order chi connectivity index (χ1) is 10.2. The predicted octanol–water partition coefficient (Wildman–Crippen LogP) is 3.21. The van der Waals surface area contributed by atoms with E-state index in [1.165, 1.54) is 5.56 Å². The number of carbonyl (C=O) groups is 1. The van der Waals surface area contributed by atoms with Crippen molar-refractivity contribution < 1.29 is 9.53 Å². The van der Waals surface area contributed by atoms with Crippen LogP contribution >= 0.6 is 0 Å². The molecule has 3 aliphatic carbocycles. The molecule has 1 N–H and O–H groups in total. The molecule has 112 valence electrons. The molecule has 4 rings (SSSR count). The second kappa shape index (κ2) is 5.64. The van der Waals surface area contributed by atoms with Crippen LogP contribution in [-0.2, 0) is 16.1 Å². The number of carbonyl (C=O) groups excluding carboxylic acids is 1. The molecule has 0 atom stereocenters. The molecule has 1 aromatic rings. The fourth-order valence-corrected chi connectivity index (χ4v) is 3.45. The van der Waals surface area contributed by atoms with E-state index in [-0.39, 0.29) is 16.9 Å². The monoisotopic (exact) mass is 285 g/mol. The molecule has 1 saturated carbocycles. The van der Waals surface area contributed by atoms with E-state index in [2.05, 4.69) is 41.7 Å². The molecule has 0 radical (unpaired) electrons. The highest BCUT2D eigenvalue weighted by Gasteiger charge is 2.49. The van der Waals surface area contributed by atoms with E-state index in [1.807, 2.05) is 13.0 Å². The quantitative estimate of drug-likeness (QED) is 0.667. The Hall–Kier alpha value is -1.61. The first kappa shape index (κ1) is 14.3. The molecular weight excluding hydrogens is 262 g/mol. The third kappa shape index (κ3) is 2.75.